The predicted octanol–water partition coefficient (Wildman–Crippen LogP) is 3.72. The fourth-order valence-corrected chi connectivity index (χ4v) is 3.32. The van der Waals surface area contributed by atoms with Gasteiger partial charge in [0.05, 0.1) is 29.2 Å². The van der Waals surface area contributed by atoms with Gasteiger partial charge in [0.25, 0.3) is 0 Å². The van der Waals surface area contributed by atoms with Gasteiger partial charge < -0.3 is 19.3 Å². The molecule has 0 spiro atoms. The standard InChI is InChI=1S/C21H21N3O6S/c1-3-28-20(26)13-10-14(21(27)29-4-2)12-15(11-13)22-17(25)7-8-18-23-19(24-30-18)16-6-5-9-31-16/h5-6,9-12H,3-4,7-8H2,1-2H3,(H,22,25). The molecule has 0 saturated carbocycles. The van der Waals surface area contributed by atoms with Crippen LogP contribution >= 0.6 is 11.3 Å². The molecule has 1 amide bonds. The summed E-state index contributed by atoms with van der Waals surface area (Å²) in [6, 6.07) is 8.03. The third-order valence-electron chi connectivity index (χ3n) is 4.01. The van der Waals surface area contributed by atoms with Crippen molar-refractivity contribution < 1.29 is 28.4 Å². The number of nitrogens with zero attached hydrogens (tertiary/aromatic N) is 2. The summed E-state index contributed by atoms with van der Waals surface area (Å²) in [6.07, 6.45) is 0.316. The van der Waals surface area contributed by atoms with Crippen LogP contribution < -0.4 is 5.32 Å². The first-order chi connectivity index (χ1) is 15.0. The molecule has 0 aliphatic rings. The zero-order valence-electron chi connectivity index (χ0n) is 17.0. The number of thiophene rings is 1. The summed E-state index contributed by atoms with van der Waals surface area (Å²) in [7, 11) is 0. The SMILES string of the molecule is CCOC(=O)c1cc(NC(=O)CCc2nc(-c3cccs3)no2)cc(C(=O)OCC)c1. The summed E-state index contributed by atoms with van der Waals surface area (Å²) in [5.41, 5.74) is 0.559. The maximum absolute atomic E-state index is 12.4. The van der Waals surface area contributed by atoms with Crippen LogP contribution in [0.25, 0.3) is 10.7 Å². The zero-order valence-corrected chi connectivity index (χ0v) is 17.9. The van der Waals surface area contributed by atoms with Crippen molar-refractivity contribution in [1.82, 2.24) is 10.1 Å². The highest BCUT2D eigenvalue weighted by molar-refractivity contribution is 7.13. The van der Waals surface area contributed by atoms with Crippen LogP contribution in [0.3, 0.4) is 0 Å². The zero-order chi connectivity index (χ0) is 22.2. The van der Waals surface area contributed by atoms with E-state index in [-0.39, 0.29) is 48.8 Å². The van der Waals surface area contributed by atoms with Gasteiger partial charge >= 0.3 is 11.9 Å². The van der Waals surface area contributed by atoms with Gasteiger partial charge in [-0.2, -0.15) is 4.98 Å². The second-order valence-electron chi connectivity index (χ2n) is 6.28. The van der Waals surface area contributed by atoms with E-state index >= 15 is 0 Å². The number of anilines is 1. The lowest BCUT2D eigenvalue weighted by Gasteiger charge is -2.10. The number of benzene rings is 1. The average Bonchev–Trinajstić information content (AvgIpc) is 3.44. The lowest BCUT2D eigenvalue weighted by molar-refractivity contribution is -0.116. The van der Waals surface area contributed by atoms with E-state index in [4.69, 9.17) is 14.0 Å². The summed E-state index contributed by atoms with van der Waals surface area (Å²) in [4.78, 5) is 41.8. The van der Waals surface area contributed by atoms with Crippen molar-refractivity contribution in [2.45, 2.75) is 26.7 Å². The third kappa shape index (κ3) is 5.98. The van der Waals surface area contributed by atoms with Crippen LogP contribution in [0.1, 0.15) is 46.9 Å². The Bertz CT molecular complexity index is 1020. The second kappa shape index (κ2) is 10.5. The van der Waals surface area contributed by atoms with Gasteiger partial charge in [0.1, 0.15) is 0 Å². The van der Waals surface area contributed by atoms with Crippen molar-refractivity contribution in [3.05, 3.63) is 52.7 Å². The van der Waals surface area contributed by atoms with Gasteiger partial charge in [0.15, 0.2) is 0 Å². The van der Waals surface area contributed by atoms with Gasteiger partial charge in [-0.3, -0.25) is 4.79 Å². The topological polar surface area (TPSA) is 121 Å². The van der Waals surface area contributed by atoms with E-state index in [1.165, 1.54) is 29.5 Å². The number of aryl methyl sites for hydroxylation is 1. The largest absolute Gasteiger partial charge is 0.462 e. The van der Waals surface area contributed by atoms with Crippen LogP contribution in [-0.4, -0.2) is 41.2 Å². The number of rotatable bonds is 9. The lowest BCUT2D eigenvalue weighted by atomic mass is 10.1. The molecule has 1 N–H and O–H groups in total. The summed E-state index contributed by atoms with van der Waals surface area (Å²) >= 11 is 1.49. The average molecular weight is 443 g/mol. The Morgan fingerprint density at radius 3 is 2.32 bits per heavy atom. The molecule has 31 heavy (non-hydrogen) atoms. The molecule has 0 unspecified atom stereocenters. The van der Waals surface area contributed by atoms with Gasteiger partial charge in [0.2, 0.25) is 17.6 Å². The van der Waals surface area contributed by atoms with Crippen molar-refractivity contribution in [1.29, 1.82) is 0 Å². The van der Waals surface area contributed by atoms with Crippen LogP contribution in [0.15, 0.2) is 40.2 Å². The maximum Gasteiger partial charge on any atom is 0.338 e. The Morgan fingerprint density at radius 1 is 1.06 bits per heavy atom. The Balaban J connectivity index is 1.67. The predicted molar refractivity (Wildman–Crippen MR) is 113 cm³/mol. The first-order valence-electron chi connectivity index (χ1n) is 9.65. The molecule has 0 fully saturated rings. The molecule has 162 valence electrons. The van der Waals surface area contributed by atoms with Crippen LogP contribution in [0.5, 0.6) is 0 Å². The molecular formula is C21H21N3O6S. The second-order valence-corrected chi connectivity index (χ2v) is 7.22. The monoisotopic (exact) mass is 443 g/mol. The molecule has 10 heteroatoms. The third-order valence-corrected chi connectivity index (χ3v) is 4.88. The number of hydrogen-bond acceptors (Lipinski definition) is 9. The van der Waals surface area contributed by atoms with Gasteiger partial charge in [-0.25, -0.2) is 9.59 Å². The van der Waals surface area contributed by atoms with Crippen LogP contribution in [0.4, 0.5) is 5.69 Å². The molecule has 0 aliphatic carbocycles. The summed E-state index contributed by atoms with van der Waals surface area (Å²) in [5.74, 6) is -0.725. The smallest absolute Gasteiger partial charge is 0.338 e. The molecule has 2 aromatic heterocycles. The number of ether oxygens (including phenoxy) is 2. The number of nitrogens with one attached hydrogen (secondary N) is 1. The van der Waals surface area contributed by atoms with Crippen molar-refractivity contribution in [2.24, 2.45) is 0 Å². The lowest BCUT2D eigenvalue weighted by Crippen LogP contribution is -2.15. The van der Waals surface area contributed by atoms with Gasteiger partial charge in [0, 0.05) is 18.5 Å². The van der Waals surface area contributed by atoms with Crippen LogP contribution in [0.2, 0.25) is 0 Å². The van der Waals surface area contributed by atoms with E-state index in [0.717, 1.165) is 4.88 Å². The summed E-state index contributed by atoms with van der Waals surface area (Å²) in [5, 5.41) is 8.50. The van der Waals surface area contributed by atoms with Crippen molar-refractivity contribution >= 4 is 34.9 Å². The first kappa shape index (κ1) is 22.2. The first-order valence-corrected chi connectivity index (χ1v) is 10.5. The number of carbonyl (C=O) groups is 3. The van der Waals surface area contributed by atoms with Crippen molar-refractivity contribution in [3.63, 3.8) is 0 Å². The minimum absolute atomic E-state index is 0.0739. The molecule has 0 saturated heterocycles. The van der Waals surface area contributed by atoms with E-state index < -0.39 is 11.9 Å². The Kier molecular flexibility index (Phi) is 7.50. The molecule has 2 heterocycles. The molecule has 9 nitrogen and oxygen atoms in total. The van der Waals surface area contributed by atoms with Gasteiger partial charge in [-0.15, -0.1) is 11.3 Å². The molecule has 3 rings (SSSR count). The molecular weight excluding hydrogens is 422 g/mol. The summed E-state index contributed by atoms with van der Waals surface area (Å²) < 4.78 is 15.2. The molecule has 0 aliphatic heterocycles. The normalized spacial score (nSPS) is 10.5. The molecule has 3 aromatic rings. The Hall–Kier alpha value is -3.53. The number of hydrogen-bond donors (Lipinski definition) is 1. The van der Waals surface area contributed by atoms with Gasteiger partial charge in [-0.1, -0.05) is 11.2 Å². The molecule has 0 bridgehead atoms. The van der Waals surface area contributed by atoms with Crippen LogP contribution in [0, 0.1) is 0 Å². The number of aromatic nitrogens is 2. The minimum atomic E-state index is -0.601. The fourth-order valence-electron chi connectivity index (χ4n) is 2.67. The molecule has 0 radical (unpaired) electrons. The quantitative estimate of drug-likeness (QED) is 0.497. The fraction of sp³-hybridized carbons (Fsp3) is 0.286. The van der Waals surface area contributed by atoms with E-state index in [1.54, 1.807) is 13.8 Å². The molecule has 1 aromatic carbocycles. The number of esters is 2. The number of carbonyl (C=O) groups excluding carboxylic acids is 3. The van der Waals surface area contributed by atoms with Crippen molar-refractivity contribution in [3.8, 4) is 10.7 Å². The van der Waals surface area contributed by atoms with Gasteiger partial charge in [-0.05, 0) is 43.5 Å². The summed E-state index contributed by atoms with van der Waals surface area (Å²) in [6.45, 7) is 3.72. The van der Waals surface area contributed by atoms with E-state index in [1.807, 2.05) is 17.5 Å². The highest BCUT2D eigenvalue weighted by Gasteiger charge is 2.17. The maximum atomic E-state index is 12.4. The van der Waals surface area contributed by atoms with E-state index in [0.29, 0.717) is 11.7 Å². The van der Waals surface area contributed by atoms with E-state index in [2.05, 4.69) is 15.5 Å². The Morgan fingerprint density at radius 2 is 1.74 bits per heavy atom. The number of amides is 1. The highest BCUT2D eigenvalue weighted by Crippen LogP contribution is 2.22. The van der Waals surface area contributed by atoms with E-state index in [9.17, 15) is 14.4 Å². The molecule has 0 atom stereocenters. The van der Waals surface area contributed by atoms with Crippen LogP contribution in [-0.2, 0) is 20.7 Å². The minimum Gasteiger partial charge on any atom is -0.462 e. The Labute approximate surface area is 182 Å². The van der Waals surface area contributed by atoms with Crippen molar-refractivity contribution in [2.75, 3.05) is 18.5 Å². The highest BCUT2D eigenvalue weighted by atomic mass is 32.1.